The summed E-state index contributed by atoms with van der Waals surface area (Å²) in [4.78, 5) is 20.4. The Kier molecular flexibility index (Phi) is 6.89. The normalized spacial score (nSPS) is 15.7. The number of carbonyl (C=O) groups excluding carboxylic acids is 1. The number of halogens is 1. The molecule has 1 aliphatic heterocycles. The molecule has 1 amide bonds. The van der Waals surface area contributed by atoms with E-state index < -0.39 is 0 Å². The van der Waals surface area contributed by atoms with Crippen LogP contribution in [0.2, 0.25) is 0 Å². The molecule has 31 heavy (non-hydrogen) atoms. The van der Waals surface area contributed by atoms with Gasteiger partial charge in [0.2, 0.25) is 5.91 Å². The predicted octanol–water partition coefficient (Wildman–Crippen LogP) is 4.28. The Morgan fingerprint density at radius 1 is 1.29 bits per heavy atom. The molecule has 0 saturated carbocycles. The largest absolute Gasteiger partial charge is 0.497 e. The highest BCUT2D eigenvalue weighted by atomic mass is 32.2. The number of aromatic nitrogens is 2. The van der Waals surface area contributed by atoms with Gasteiger partial charge in [-0.05, 0) is 49.2 Å². The van der Waals surface area contributed by atoms with Gasteiger partial charge in [0.15, 0.2) is 0 Å². The zero-order valence-corrected chi connectivity index (χ0v) is 18.0. The molecule has 3 aromatic rings. The van der Waals surface area contributed by atoms with Gasteiger partial charge in [-0.15, -0.1) is 0 Å². The van der Waals surface area contributed by atoms with Crippen LogP contribution in [0.15, 0.2) is 53.6 Å². The van der Waals surface area contributed by atoms with Crippen LogP contribution >= 0.6 is 11.8 Å². The minimum atomic E-state index is -0.306. The first-order valence-electron chi connectivity index (χ1n) is 10.1. The van der Waals surface area contributed by atoms with Crippen LogP contribution in [-0.2, 0) is 9.53 Å². The first-order valence-corrected chi connectivity index (χ1v) is 11.1. The Morgan fingerprint density at radius 2 is 2.13 bits per heavy atom. The van der Waals surface area contributed by atoms with E-state index in [-0.39, 0.29) is 23.6 Å². The van der Waals surface area contributed by atoms with Crippen molar-refractivity contribution in [2.45, 2.75) is 24.0 Å². The minimum absolute atomic E-state index is 0.0727. The van der Waals surface area contributed by atoms with Gasteiger partial charge < -0.3 is 19.8 Å². The molecule has 8 heteroatoms. The summed E-state index contributed by atoms with van der Waals surface area (Å²) in [5.74, 6) is 1.22. The number of methoxy groups -OCH3 is 1. The van der Waals surface area contributed by atoms with Gasteiger partial charge in [0.1, 0.15) is 22.4 Å². The first kappa shape index (κ1) is 21.4. The van der Waals surface area contributed by atoms with Crippen molar-refractivity contribution in [2.75, 3.05) is 26.0 Å². The maximum atomic E-state index is 13.4. The quantitative estimate of drug-likeness (QED) is 0.511. The fourth-order valence-corrected chi connectivity index (χ4v) is 4.24. The van der Waals surface area contributed by atoms with Crippen LogP contribution < -0.4 is 10.1 Å². The fraction of sp³-hybridized carbons (Fsp3) is 0.304. The van der Waals surface area contributed by atoms with E-state index in [0.717, 1.165) is 42.0 Å². The van der Waals surface area contributed by atoms with E-state index >= 15 is 0 Å². The monoisotopic (exact) mass is 441 g/mol. The zero-order chi connectivity index (χ0) is 21.6. The van der Waals surface area contributed by atoms with E-state index in [2.05, 4.69) is 10.3 Å². The van der Waals surface area contributed by atoms with E-state index in [1.165, 1.54) is 23.9 Å². The molecule has 0 bridgehead atoms. The molecular formula is C23H24FN3O3S. The smallest absolute Gasteiger partial charge is 0.230 e. The summed E-state index contributed by atoms with van der Waals surface area (Å²) < 4.78 is 24.3. The Labute approximate surface area is 184 Å². The summed E-state index contributed by atoms with van der Waals surface area (Å²) in [6.45, 7) is 1.29. The number of imidazole rings is 1. The highest BCUT2D eigenvalue weighted by Gasteiger charge is 2.18. The summed E-state index contributed by atoms with van der Waals surface area (Å²) in [6.07, 6.45) is 2.12. The highest BCUT2D eigenvalue weighted by molar-refractivity contribution is 8.00. The lowest BCUT2D eigenvalue weighted by atomic mass is 10.1. The molecule has 1 aliphatic rings. The average molecular weight is 442 g/mol. The number of amides is 1. The number of nitrogens with zero attached hydrogens (tertiary/aromatic N) is 1. The summed E-state index contributed by atoms with van der Waals surface area (Å²) in [6, 6.07) is 13.8. The molecule has 6 nitrogen and oxygen atoms in total. The molecule has 162 valence electrons. The standard InChI is InChI=1S/C23H24FN3O3S/c1-29-18-5-2-4-16(12-18)22-26-21(15-7-9-17(24)10-8-15)23(27-22)31-14-20(28)25-13-19-6-3-11-30-19/h2,4-5,7-10,12,19H,3,6,11,13-14H2,1H3,(H,25,28)(H,26,27). The molecule has 1 aromatic heterocycles. The van der Waals surface area contributed by atoms with Crippen LogP contribution in [-0.4, -0.2) is 48.0 Å². The minimum Gasteiger partial charge on any atom is -0.497 e. The van der Waals surface area contributed by atoms with E-state index in [9.17, 15) is 9.18 Å². The third kappa shape index (κ3) is 5.45. The Hall–Kier alpha value is -2.84. The number of rotatable bonds is 8. The van der Waals surface area contributed by atoms with Crippen molar-refractivity contribution >= 4 is 17.7 Å². The molecule has 2 N–H and O–H groups in total. The maximum Gasteiger partial charge on any atom is 0.230 e. The second-order valence-electron chi connectivity index (χ2n) is 7.23. The number of hydrogen-bond acceptors (Lipinski definition) is 5. The molecular weight excluding hydrogens is 417 g/mol. The van der Waals surface area contributed by atoms with Crippen LogP contribution in [0.5, 0.6) is 5.75 Å². The zero-order valence-electron chi connectivity index (χ0n) is 17.2. The fourth-order valence-electron chi connectivity index (χ4n) is 3.40. The third-order valence-electron chi connectivity index (χ3n) is 5.04. The van der Waals surface area contributed by atoms with Crippen LogP contribution in [0, 0.1) is 5.82 Å². The van der Waals surface area contributed by atoms with E-state index in [1.54, 1.807) is 19.2 Å². The lowest BCUT2D eigenvalue weighted by Crippen LogP contribution is -2.32. The number of nitrogens with one attached hydrogen (secondary N) is 2. The van der Waals surface area contributed by atoms with Gasteiger partial charge >= 0.3 is 0 Å². The van der Waals surface area contributed by atoms with E-state index in [0.29, 0.717) is 17.4 Å². The van der Waals surface area contributed by atoms with Gasteiger partial charge in [0, 0.05) is 24.3 Å². The molecule has 0 aliphatic carbocycles. The van der Waals surface area contributed by atoms with Gasteiger partial charge in [-0.2, -0.15) is 0 Å². The number of thioether (sulfide) groups is 1. The Bertz CT molecular complexity index is 1030. The molecule has 0 spiro atoms. The summed E-state index contributed by atoms with van der Waals surface area (Å²) in [7, 11) is 1.61. The maximum absolute atomic E-state index is 13.4. The van der Waals surface area contributed by atoms with Gasteiger partial charge in [-0.1, -0.05) is 23.9 Å². The van der Waals surface area contributed by atoms with Crippen molar-refractivity contribution in [3.63, 3.8) is 0 Å². The predicted molar refractivity (Wildman–Crippen MR) is 119 cm³/mol. The lowest BCUT2D eigenvalue weighted by molar-refractivity contribution is -0.119. The molecule has 1 saturated heterocycles. The molecule has 2 aromatic carbocycles. The molecule has 2 heterocycles. The second kappa shape index (κ2) is 9.98. The van der Waals surface area contributed by atoms with Crippen molar-refractivity contribution < 1.29 is 18.7 Å². The van der Waals surface area contributed by atoms with Crippen molar-refractivity contribution in [3.8, 4) is 28.4 Å². The summed E-state index contributed by atoms with van der Waals surface area (Å²) >= 11 is 1.34. The number of ether oxygens (including phenoxy) is 2. The number of H-pyrrole nitrogens is 1. The SMILES string of the molecule is COc1cccc(-c2nc(SCC(=O)NCC3CCCO3)c(-c3ccc(F)cc3)[nH]2)c1. The molecule has 4 rings (SSSR count). The summed E-state index contributed by atoms with van der Waals surface area (Å²) in [5.41, 5.74) is 2.40. The molecule has 1 unspecified atom stereocenters. The third-order valence-corrected chi connectivity index (χ3v) is 6.01. The second-order valence-corrected chi connectivity index (χ2v) is 8.20. The van der Waals surface area contributed by atoms with Gasteiger partial charge in [0.05, 0.1) is 24.7 Å². The van der Waals surface area contributed by atoms with Crippen LogP contribution in [0.25, 0.3) is 22.6 Å². The van der Waals surface area contributed by atoms with Crippen LogP contribution in [0.3, 0.4) is 0 Å². The number of benzene rings is 2. The molecule has 1 atom stereocenters. The van der Waals surface area contributed by atoms with Crippen molar-refractivity contribution in [2.24, 2.45) is 0 Å². The van der Waals surface area contributed by atoms with Gasteiger partial charge in [0.25, 0.3) is 0 Å². The van der Waals surface area contributed by atoms with Crippen molar-refractivity contribution in [3.05, 3.63) is 54.3 Å². The van der Waals surface area contributed by atoms with Gasteiger partial charge in [-0.3, -0.25) is 4.79 Å². The Morgan fingerprint density at radius 3 is 2.87 bits per heavy atom. The highest BCUT2D eigenvalue weighted by Crippen LogP contribution is 2.33. The topological polar surface area (TPSA) is 76.2 Å². The number of hydrogen-bond donors (Lipinski definition) is 2. The van der Waals surface area contributed by atoms with Crippen LogP contribution in [0.1, 0.15) is 12.8 Å². The first-order chi connectivity index (χ1) is 15.1. The summed E-state index contributed by atoms with van der Waals surface area (Å²) in [5, 5.41) is 3.60. The van der Waals surface area contributed by atoms with E-state index in [1.807, 2.05) is 24.3 Å². The lowest BCUT2D eigenvalue weighted by Gasteiger charge is -2.10. The molecule has 0 radical (unpaired) electrons. The number of aromatic amines is 1. The van der Waals surface area contributed by atoms with Crippen molar-refractivity contribution in [1.29, 1.82) is 0 Å². The van der Waals surface area contributed by atoms with Crippen LogP contribution in [0.4, 0.5) is 4.39 Å². The van der Waals surface area contributed by atoms with Crippen molar-refractivity contribution in [1.82, 2.24) is 15.3 Å². The Balaban J connectivity index is 1.53. The molecule has 1 fully saturated rings. The average Bonchev–Trinajstić information content (AvgIpc) is 3.47. The van der Waals surface area contributed by atoms with E-state index in [4.69, 9.17) is 14.5 Å². The number of carbonyl (C=O) groups is 1. The van der Waals surface area contributed by atoms with Gasteiger partial charge in [-0.25, -0.2) is 9.37 Å².